The molecular formula is C8H15B66N2. The molecule has 1 aromatic carbocycles. The van der Waals surface area contributed by atoms with Crippen molar-refractivity contribution >= 4 is 472 Å². The van der Waals surface area contributed by atoms with E-state index in [-0.39, 0.29) is 0 Å². The van der Waals surface area contributed by atoms with Crippen LogP contribution < -0.4 is 16.9 Å². The number of hydrogen-bond donors (Lipinski definition) is 2. The molecule has 0 unspecified atom stereocenters. The van der Waals surface area contributed by atoms with Crippen molar-refractivity contribution in [3.05, 3.63) is 30.3 Å². The third-order valence-corrected chi connectivity index (χ3v) is 15.1. The molecule has 0 aliphatic rings. The second-order valence-corrected chi connectivity index (χ2v) is 19.8. The summed E-state index contributed by atoms with van der Waals surface area (Å²) in [7, 11) is 224. The van der Waals surface area contributed by atoms with Crippen LogP contribution in [-0.4, -0.2) is 481 Å². The first kappa shape index (κ1) is 81.5. The van der Waals surface area contributed by atoms with Gasteiger partial charge in [0.25, 0.3) is 0 Å². The molecule has 67 radical (unpaired) electrons. The molecule has 0 amide bonds. The van der Waals surface area contributed by atoms with Crippen LogP contribution in [-0.2, 0) is 0 Å². The highest BCUT2D eigenvalue weighted by atomic mass is 14.4. The van der Waals surface area contributed by atoms with Crippen LogP contribution in [0.25, 0.3) is 0 Å². The zero-order chi connectivity index (χ0) is 60.1. The molecule has 0 atom stereocenters. The van der Waals surface area contributed by atoms with Gasteiger partial charge in [0.2, 0.25) is 0 Å². The van der Waals surface area contributed by atoms with Crippen LogP contribution in [0.1, 0.15) is 0 Å². The molecule has 4 N–H and O–H groups in total. The molecule has 1 rings (SSSR count). The van der Waals surface area contributed by atoms with Crippen LogP contribution >= 0.6 is 0 Å². The van der Waals surface area contributed by atoms with Crippen molar-refractivity contribution in [1.82, 2.24) is 0 Å². The lowest BCUT2D eigenvalue weighted by Crippen LogP contribution is -2.97. The molecule has 0 aromatic heterocycles. The summed E-state index contributed by atoms with van der Waals surface area (Å²) >= 11 is 0. The molecule has 0 heterocycles. The van der Waals surface area contributed by atoms with Gasteiger partial charge in [0, 0.05) is 460 Å². The molecule has 0 aliphatic heterocycles. The van der Waals surface area contributed by atoms with Crippen molar-refractivity contribution < 1.29 is 0 Å². The minimum absolute atomic E-state index is 0.425. The number of rotatable bonds is 34. The highest BCUT2D eigenvalue weighted by Gasteiger charge is 2.64. The second-order valence-electron chi connectivity index (χ2n) is 19.8. The van der Waals surface area contributed by atoms with E-state index >= 15 is 0 Å². The quantitative estimate of drug-likeness (QED) is 0.0679. The van der Waals surface area contributed by atoms with E-state index in [0.717, 1.165) is 7.06 Å². The standard InChI is InChI=1S/C6H5B66.2CH5N/c7-39-57(38)67(55(34)35)71(65(51(26)27)52(28)29)70(72(66(53(30)31)54(32)33)68(56(36)37)59(41-9)44(12)13)61(69(63(47(18)19)48(20)21)64(49(22)23)50(24)25)42(6-4-2-1-3-5-6)60(58(40-8)43(10)11)62(45(14)15)46(16)17;2*1-2/h1-5H;2*2H2,1H3. The Labute approximate surface area is 523 Å². The van der Waals surface area contributed by atoms with E-state index in [1.807, 2.05) is 0 Å². The highest BCUT2D eigenvalue weighted by molar-refractivity contribution is 8.37. The van der Waals surface area contributed by atoms with Crippen molar-refractivity contribution in [1.29, 1.82) is 0 Å². The van der Waals surface area contributed by atoms with E-state index in [1.54, 1.807) is 30.3 Å². The summed E-state index contributed by atoms with van der Waals surface area (Å²) < 4.78 is 0. The Bertz CT molecular complexity index is 1500. The molecule has 0 bridgehead atoms. The fraction of sp³-hybridized carbons (Fsp3) is 0.250. The summed E-state index contributed by atoms with van der Waals surface area (Å²) in [5, 5.41) is 0. The van der Waals surface area contributed by atoms with Crippen molar-refractivity contribution in [3.8, 4) is 0 Å². The minimum atomic E-state index is -1.52. The Morgan fingerprint density at radius 2 is 0.474 bits per heavy atom. The third kappa shape index (κ3) is 22.6. The first-order chi connectivity index (χ1) is 35.2. The lowest BCUT2D eigenvalue weighted by Gasteiger charge is -2.59. The van der Waals surface area contributed by atoms with E-state index in [1.165, 1.54) is 28.2 Å². The molecular weight excluding hydrogens is 838 g/mol. The topological polar surface area (TPSA) is 52.0 Å². The first-order valence-electron chi connectivity index (χ1n) is 25.0. The predicted octanol–water partition coefficient (Wildman–Crippen LogP) is -25.1. The molecule has 0 saturated carbocycles. The smallest absolute Gasteiger partial charge is 0.0804 e. The monoisotopic (exact) mass is 866 g/mol. The predicted molar refractivity (Wildman–Crippen MR) is 426 cm³/mol. The zero-order valence-corrected chi connectivity index (χ0v) is 44.6. The fourth-order valence-electron chi connectivity index (χ4n) is 12.5. The van der Waals surface area contributed by atoms with Crippen LogP contribution in [0.3, 0.4) is 0 Å². The molecule has 2 nitrogen and oxygen atoms in total. The van der Waals surface area contributed by atoms with Gasteiger partial charge in [-0.2, -0.15) is 0 Å². The summed E-state index contributed by atoms with van der Waals surface area (Å²) in [5.41, 5.74) is 9.43. The summed E-state index contributed by atoms with van der Waals surface area (Å²) in [6.45, 7) is -1.29. The van der Waals surface area contributed by atoms with Crippen LogP contribution in [0, 0.1) is 0 Å². The first-order valence-corrected chi connectivity index (χ1v) is 25.0. The maximum absolute atomic E-state index is 7.04. The normalized spacial score (nSPS) is 9.42. The molecule has 68 heteroatoms. The maximum atomic E-state index is 7.04. The van der Waals surface area contributed by atoms with Gasteiger partial charge < -0.3 is 11.5 Å². The van der Waals surface area contributed by atoms with Crippen LogP contribution in [0.2, 0.25) is 0 Å². The number of hydrogen-bond acceptors (Lipinski definition) is 2. The van der Waals surface area contributed by atoms with Gasteiger partial charge >= 0.3 is 0 Å². The summed E-state index contributed by atoms with van der Waals surface area (Å²) in [6.07, 6.45) is -42.0. The molecule has 0 aliphatic carbocycles. The second kappa shape index (κ2) is 40.7. The Morgan fingerprint density at radius 3 is 0.711 bits per heavy atom. The average molecular weight is 853 g/mol. The summed E-state index contributed by atoms with van der Waals surface area (Å²) in [5.74, 6) is 0. The Hall–Kier alpha value is 3.43. The zero-order valence-electron chi connectivity index (χ0n) is 44.6. The van der Waals surface area contributed by atoms with Gasteiger partial charge in [-0.05, 0) is 14.1 Å². The van der Waals surface area contributed by atoms with Crippen LogP contribution in [0.4, 0.5) is 0 Å². The molecule has 255 valence electrons. The third-order valence-electron chi connectivity index (χ3n) is 15.1. The van der Waals surface area contributed by atoms with E-state index in [9.17, 15) is 0 Å². The fourth-order valence-corrected chi connectivity index (χ4v) is 12.5. The van der Waals surface area contributed by atoms with E-state index < -0.39 is 198 Å². The number of nitrogens with two attached hydrogens (primary N) is 2. The van der Waals surface area contributed by atoms with Crippen molar-refractivity contribution in [2.75, 3.05) is 14.1 Å². The summed E-state index contributed by atoms with van der Waals surface area (Å²) in [4.78, 5) is 0. The van der Waals surface area contributed by atoms with Gasteiger partial charge in [0.15, 0.2) is 0 Å². The summed E-state index contributed by atoms with van der Waals surface area (Å²) in [6, 6.07) is 8.64. The van der Waals surface area contributed by atoms with Gasteiger partial charge in [-0.3, -0.25) is 0 Å². The SMILES string of the molecule is CN.CN.[B][B]B([B])B(B([B])[B])B(B(B([B])[B])B([B])[B])B(B(B(B([B])[B])B([B])[B])B(B([B])[B])B([B][B])B([B])[B])B(B(B(B([B])[B])B([B])[B])B(B([B])[B])B([B])[B])B(B(B([B][B])B([B])[B])B(B([B])[B])B([B])[B])c1ccccc1. The van der Waals surface area contributed by atoms with Gasteiger partial charge in [-0.25, -0.2) is 0 Å². The lowest BCUT2D eigenvalue weighted by molar-refractivity contribution is 1.48. The minimum Gasteiger partial charge on any atom is -0.333 e. The molecule has 76 heavy (non-hydrogen) atoms. The van der Waals surface area contributed by atoms with Gasteiger partial charge in [0.05, 0.1) is 6.49 Å². The molecule has 0 fully saturated rings. The number of benzene rings is 1. The van der Waals surface area contributed by atoms with Crippen molar-refractivity contribution in [2.45, 2.75) is 0 Å². The Kier molecular flexibility index (Phi) is 43.7. The molecule has 1 aromatic rings. The average Bonchev–Trinajstić information content (AvgIpc) is 3.29. The Balaban J connectivity index is 0. The maximum Gasteiger partial charge on any atom is 0.0804 e. The van der Waals surface area contributed by atoms with Gasteiger partial charge in [0.1, 0.15) is 0 Å². The van der Waals surface area contributed by atoms with E-state index in [0.29, 0.717) is 5.46 Å². The van der Waals surface area contributed by atoms with Crippen LogP contribution in [0.15, 0.2) is 30.3 Å². The van der Waals surface area contributed by atoms with E-state index in [4.69, 9.17) is 248 Å². The van der Waals surface area contributed by atoms with Gasteiger partial charge in [-0.15, -0.1) is 0 Å². The van der Waals surface area contributed by atoms with Crippen LogP contribution in [0.5, 0.6) is 0 Å². The van der Waals surface area contributed by atoms with E-state index in [2.05, 4.69) is 11.5 Å². The molecule has 0 saturated heterocycles. The lowest BCUT2D eigenvalue weighted by atomic mass is 8.23. The van der Waals surface area contributed by atoms with Crippen molar-refractivity contribution in [3.63, 3.8) is 0 Å². The van der Waals surface area contributed by atoms with Gasteiger partial charge in [-0.1, -0.05) is 35.8 Å². The Morgan fingerprint density at radius 1 is 0.250 bits per heavy atom. The largest absolute Gasteiger partial charge is 0.333 e. The molecule has 0 spiro atoms. The highest BCUT2D eigenvalue weighted by Crippen LogP contribution is 2.25. The van der Waals surface area contributed by atoms with Crippen molar-refractivity contribution in [2.24, 2.45) is 11.5 Å².